The Kier molecular flexibility index (Phi) is 1.98. The predicted molar refractivity (Wildman–Crippen MR) is 46.3 cm³/mol. The Morgan fingerprint density at radius 1 is 1.45 bits per heavy atom. The van der Waals surface area contributed by atoms with Crippen LogP contribution in [0.3, 0.4) is 0 Å². The van der Waals surface area contributed by atoms with Crippen molar-refractivity contribution in [2.75, 3.05) is 13.2 Å². The fraction of sp³-hybridized carbons (Fsp3) is 0.429. The highest BCUT2D eigenvalue weighted by Crippen LogP contribution is 2.08. The van der Waals surface area contributed by atoms with Crippen molar-refractivity contribution in [3.05, 3.63) is 17.0 Å². The van der Waals surface area contributed by atoms with Gasteiger partial charge in [-0.2, -0.15) is 11.3 Å². The Labute approximate surface area is 70.3 Å². The Hall–Kier alpha value is -0.315. The topological polar surface area (TPSA) is 18.5 Å². The molecule has 0 atom stereocenters. The van der Waals surface area contributed by atoms with Crippen molar-refractivity contribution in [2.45, 2.75) is 6.92 Å². The van der Waals surface area contributed by atoms with Gasteiger partial charge in [0.2, 0.25) is 0 Å². The maximum atomic E-state index is 5.37. The van der Waals surface area contributed by atoms with Crippen molar-refractivity contribution in [1.29, 1.82) is 0 Å². The molecular formula is C7H9BO2S. The summed E-state index contributed by atoms with van der Waals surface area (Å²) in [4.78, 5) is 0. The van der Waals surface area contributed by atoms with E-state index in [9.17, 15) is 0 Å². The summed E-state index contributed by atoms with van der Waals surface area (Å²) >= 11 is 1.70. The molecule has 0 unspecified atom stereocenters. The summed E-state index contributed by atoms with van der Waals surface area (Å²) in [6, 6.07) is 2.09. The van der Waals surface area contributed by atoms with Gasteiger partial charge in [0.15, 0.2) is 0 Å². The van der Waals surface area contributed by atoms with E-state index < -0.39 is 0 Å². The highest BCUT2D eigenvalue weighted by molar-refractivity contribution is 7.21. The quantitative estimate of drug-likeness (QED) is 0.577. The molecule has 1 aliphatic heterocycles. The lowest BCUT2D eigenvalue weighted by atomic mass is 9.86. The van der Waals surface area contributed by atoms with Crippen LogP contribution >= 0.6 is 11.3 Å². The van der Waals surface area contributed by atoms with Gasteiger partial charge in [0, 0.05) is 4.78 Å². The van der Waals surface area contributed by atoms with Crippen LogP contribution < -0.4 is 4.78 Å². The molecule has 0 aliphatic carbocycles. The van der Waals surface area contributed by atoms with Crippen molar-refractivity contribution >= 4 is 23.2 Å². The number of aryl methyl sites for hydroxylation is 1. The molecule has 11 heavy (non-hydrogen) atoms. The summed E-state index contributed by atoms with van der Waals surface area (Å²) in [5, 5.41) is 2.07. The minimum Gasteiger partial charge on any atom is -0.404 e. The molecule has 1 fully saturated rings. The number of hydrogen-bond acceptors (Lipinski definition) is 3. The van der Waals surface area contributed by atoms with Crippen molar-refractivity contribution in [2.24, 2.45) is 0 Å². The van der Waals surface area contributed by atoms with E-state index in [1.165, 1.54) is 10.3 Å². The zero-order valence-corrected chi connectivity index (χ0v) is 7.19. The SMILES string of the molecule is Cc1ccsc1B1OCCO1. The fourth-order valence-corrected chi connectivity index (χ4v) is 2.06. The third kappa shape index (κ3) is 1.34. The highest BCUT2D eigenvalue weighted by atomic mass is 32.1. The first kappa shape index (κ1) is 7.34. The molecule has 0 N–H and O–H groups in total. The average Bonchev–Trinajstić information content (AvgIpc) is 2.55. The van der Waals surface area contributed by atoms with E-state index in [0.717, 1.165) is 13.2 Å². The van der Waals surface area contributed by atoms with Crippen LogP contribution in [0, 0.1) is 6.92 Å². The zero-order valence-electron chi connectivity index (χ0n) is 6.37. The first-order valence-corrected chi connectivity index (χ1v) is 4.53. The lowest BCUT2D eigenvalue weighted by Gasteiger charge is -2.00. The van der Waals surface area contributed by atoms with E-state index in [4.69, 9.17) is 9.31 Å². The molecule has 0 amide bonds. The molecule has 4 heteroatoms. The summed E-state index contributed by atoms with van der Waals surface area (Å²) in [5.74, 6) is 0. The molecule has 2 rings (SSSR count). The molecular weight excluding hydrogens is 159 g/mol. The van der Waals surface area contributed by atoms with Crippen LogP contribution in [0.5, 0.6) is 0 Å². The zero-order chi connectivity index (χ0) is 7.68. The van der Waals surface area contributed by atoms with E-state index in [-0.39, 0.29) is 7.12 Å². The van der Waals surface area contributed by atoms with Gasteiger partial charge in [0.1, 0.15) is 0 Å². The summed E-state index contributed by atoms with van der Waals surface area (Å²) in [5.41, 5.74) is 1.27. The molecule has 0 radical (unpaired) electrons. The van der Waals surface area contributed by atoms with Crippen LogP contribution in [0.4, 0.5) is 0 Å². The van der Waals surface area contributed by atoms with Crippen LogP contribution in [-0.4, -0.2) is 20.3 Å². The van der Waals surface area contributed by atoms with E-state index in [1.54, 1.807) is 11.3 Å². The van der Waals surface area contributed by atoms with Gasteiger partial charge in [0.25, 0.3) is 0 Å². The van der Waals surface area contributed by atoms with Crippen LogP contribution in [0.15, 0.2) is 11.4 Å². The molecule has 1 aliphatic rings. The average molecular weight is 168 g/mol. The minimum atomic E-state index is -0.0880. The normalized spacial score (nSPS) is 17.7. The van der Waals surface area contributed by atoms with Crippen LogP contribution in [0.25, 0.3) is 0 Å². The van der Waals surface area contributed by atoms with Gasteiger partial charge in [-0.25, -0.2) is 0 Å². The Morgan fingerprint density at radius 2 is 2.18 bits per heavy atom. The number of thiophene rings is 1. The van der Waals surface area contributed by atoms with E-state index in [2.05, 4.69) is 18.4 Å². The molecule has 2 heterocycles. The van der Waals surface area contributed by atoms with Gasteiger partial charge in [-0.1, -0.05) is 0 Å². The van der Waals surface area contributed by atoms with Gasteiger partial charge in [0.05, 0.1) is 13.2 Å². The second kappa shape index (κ2) is 2.97. The Morgan fingerprint density at radius 3 is 2.73 bits per heavy atom. The van der Waals surface area contributed by atoms with Gasteiger partial charge < -0.3 is 9.31 Å². The molecule has 58 valence electrons. The lowest BCUT2D eigenvalue weighted by molar-refractivity contribution is 0.365. The van der Waals surface area contributed by atoms with E-state index in [1.807, 2.05) is 0 Å². The summed E-state index contributed by atoms with van der Waals surface area (Å²) in [6.45, 7) is 3.53. The molecule has 0 saturated carbocycles. The maximum absolute atomic E-state index is 5.37. The van der Waals surface area contributed by atoms with Crippen molar-refractivity contribution in [3.8, 4) is 0 Å². The van der Waals surface area contributed by atoms with Gasteiger partial charge in [-0.15, -0.1) is 0 Å². The Bertz CT molecular complexity index is 242. The monoisotopic (exact) mass is 168 g/mol. The number of hydrogen-bond donors (Lipinski definition) is 0. The van der Waals surface area contributed by atoms with E-state index >= 15 is 0 Å². The first-order chi connectivity index (χ1) is 5.38. The van der Waals surface area contributed by atoms with Crippen LogP contribution in [-0.2, 0) is 9.31 Å². The summed E-state index contributed by atoms with van der Waals surface area (Å²) < 4.78 is 11.9. The fourth-order valence-electron chi connectivity index (χ4n) is 1.14. The molecule has 1 aromatic heterocycles. The van der Waals surface area contributed by atoms with Crippen LogP contribution in [0.2, 0.25) is 0 Å². The maximum Gasteiger partial charge on any atom is 0.504 e. The predicted octanol–water partition coefficient (Wildman–Crippen LogP) is 0.799. The highest BCUT2D eigenvalue weighted by Gasteiger charge is 2.28. The third-order valence-electron chi connectivity index (χ3n) is 1.74. The lowest BCUT2D eigenvalue weighted by Crippen LogP contribution is -2.30. The van der Waals surface area contributed by atoms with Crippen molar-refractivity contribution < 1.29 is 9.31 Å². The van der Waals surface area contributed by atoms with E-state index in [0.29, 0.717) is 0 Å². The second-order valence-corrected chi connectivity index (χ2v) is 3.49. The van der Waals surface area contributed by atoms with Gasteiger partial charge >= 0.3 is 7.12 Å². The van der Waals surface area contributed by atoms with Gasteiger partial charge in [-0.3, -0.25) is 0 Å². The van der Waals surface area contributed by atoms with Crippen molar-refractivity contribution in [1.82, 2.24) is 0 Å². The summed E-state index contributed by atoms with van der Waals surface area (Å²) in [6.07, 6.45) is 0. The minimum absolute atomic E-state index is 0.0880. The third-order valence-corrected chi connectivity index (χ3v) is 2.78. The molecule has 0 aromatic carbocycles. The summed E-state index contributed by atoms with van der Waals surface area (Å²) in [7, 11) is -0.0880. The molecule has 1 aromatic rings. The largest absolute Gasteiger partial charge is 0.504 e. The molecule has 2 nitrogen and oxygen atoms in total. The second-order valence-electron chi connectivity index (χ2n) is 2.54. The smallest absolute Gasteiger partial charge is 0.404 e. The number of rotatable bonds is 1. The van der Waals surface area contributed by atoms with Gasteiger partial charge in [-0.05, 0) is 23.9 Å². The van der Waals surface area contributed by atoms with Crippen LogP contribution in [0.1, 0.15) is 5.56 Å². The molecule has 1 saturated heterocycles. The first-order valence-electron chi connectivity index (χ1n) is 3.65. The molecule has 0 spiro atoms. The standard InChI is InChI=1S/C7H9BO2S/c1-6-2-5-11-7(6)8-9-3-4-10-8/h2,5H,3-4H2,1H3. The van der Waals surface area contributed by atoms with Crippen molar-refractivity contribution in [3.63, 3.8) is 0 Å². The Balaban J connectivity index is 2.21. The molecule has 0 bridgehead atoms.